The summed E-state index contributed by atoms with van der Waals surface area (Å²) in [6.07, 6.45) is 7.00. The largest absolute Gasteiger partial charge is 0.478 e. The molecule has 3 fully saturated rings. The molecule has 9 heteroatoms. The lowest BCUT2D eigenvalue weighted by Gasteiger charge is -2.22. The third kappa shape index (κ3) is 7.75. The van der Waals surface area contributed by atoms with Crippen LogP contribution in [0.15, 0.2) is 18.2 Å². The average Bonchev–Trinajstić information content (AvgIpc) is 3.65. The average molecular weight is 451 g/mol. The molecule has 0 spiro atoms. The number of carboxylic acids is 2. The van der Waals surface area contributed by atoms with Gasteiger partial charge in [0.25, 0.3) is 5.91 Å². The standard InChI is InChI=1S/C18H26N2O2S.C4H4O4/c1-11-14(15-8-16(15)19-10-12-2-3-12)9-17(23-11)18(21)20-13-4-6-22-7-5-13;5-3(6)1-2-4(7)8/h9,12-13,15-16,19H,2-8,10H2,1H3,(H,20,21);1-2H,(H,5,6)(H,7,8)/b;2-1+/t15-,16+;/m0./s1. The van der Waals surface area contributed by atoms with Crippen molar-refractivity contribution in [1.82, 2.24) is 10.6 Å². The Hall–Kier alpha value is -2.23. The third-order valence-electron chi connectivity index (χ3n) is 5.66. The molecule has 0 aromatic carbocycles. The Labute approximate surface area is 185 Å². The molecular formula is C22H30N2O6S. The summed E-state index contributed by atoms with van der Waals surface area (Å²) in [4.78, 5) is 33.8. The zero-order chi connectivity index (χ0) is 22.4. The molecule has 1 amide bonds. The number of amides is 1. The van der Waals surface area contributed by atoms with Crippen LogP contribution in [0.3, 0.4) is 0 Å². The summed E-state index contributed by atoms with van der Waals surface area (Å²) in [5.74, 6) is -0.866. The predicted octanol–water partition coefficient (Wildman–Crippen LogP) is 2.53. The molecule has 8 nitrogen and oxygen atoms in total. The third-order valence-corrected chi connectivity index (χ3v) is 6.73. The minimum absolute atomic E-state index is 0.0967. The minimum Gasteiger partial charge on any atom is -0.478 e. The molecular weight excluding hydrogens is 420 g/mol. The van der Waals surface area contributed by atoms with E-state index in [1.54, 1.807) is 11.3 Å². The molecule has 3 aliphatic rings. The maximum atomic E-state index is 12.5. The molecule has 2 aliphatic carbocycles. The first-order chi connectivity index (χ1) is 14.8. The van der Waals surface area contributed by atoms with Gasteiger partial charge >= 0.3 is 11.9 Å². The second kappa shape index (κ2) is 10.9. The van der Waals surface area contributed by atoms with Crippen molar-refractivity contribution in [2.45, 2.75) is 57.0 Å². The van der Waals surface area contributed by atoms with Gasteiger partial charge in [0.1, 0.15) is 0 Å². The molecule has 0 unspecified atom stereocenters. The lowest BCUT2D eigenvalue weighted by Crippen LogP contribution is -2.38. The van der Waals surface area contributed by atoms with Gasteiger partial charge in [0.2, 0.25) is 0 Å². The number of aliphatic carboxylic acids is 2. The fraction of sp³-hybridized carbons (Fsp3) is 0.591. The van der Waals surface area contributed by atoms with Crippen molar-refractivity contribution >= 4 is 29.2 Å². The van der Waals surface area contributed by atoms with Gasteiger partial charge in [0, 0.05) is 48.2 Å². The molecule has 4 rings (SSSR count). The molecule has 1 aromatic heterocycles. The zero-order valence-corrected chi connectivity index (χ0v) is 18.5. The maximum Gasteiger partial charge on any atom is 0.328 e. The number of rotatable bonds is 8. The van der Waals surface area contributed by atoms with Crippen molar-refractivity contribution in [3.05, 3.63) is 33.5 Å². The Bertz CT molecular complexity index is 810. The van der Waals surface area contributed by atoms with Crippen LogP contribution in [-0.4, -0.2) is 59.9 Å². The number of thiophene rings is 1. The van der Waals surface area contributed by atoms with Gasteiger partial charge < -0.3 is 25.6 Å². The van der Waals surface area contributed by atoms with Crippen LogP contribution in [0.25, 0.3) is 0 Å². The van der Waals surface area contributed by atoms with E-state index in [0.717, 1.165) is 36.9 Å². The Morgan fingerprint density at radius 3 is 2.35 bits per heavy atom. The molecule has 170 valence electrons. The van der Waals surface area contributed by atoms with Crippen LogP contribution < -0.4 is 10.6 Å². The van der Waals surface area contributed by atoms with Crippen LogP contribution in [-0.2, 0) is 14.3 Å². The van der Waals surface area contributed by atoms with Crippen LogP contribution in [0.1, 0.15) is 58.1 Å². The van der Waals surface area contributed by atoms with Crippen LogP contribution in [0.2, 0.25) is 0 Å². The highest BCUT2D eigenvalue weighted by Gasteiger charge is 2.40. The fourth-order valence-corrected chi connectivity index (χ4v) is 4.62. The van der Waals surface area contributed by atoms with E-state index in [0.29, 0.717) is 24.1 Å². The molecule has 1 saturated heterocycles. The number of aryl methyl sites for hydroxylation is 1. The number of ether oxygens (including phenoxy) is 1. The summed E-state index contributed by atoms with van der Waals surface area (Å²) >= 11 is 1.65. The van der Waals surface area contributed by atoms with Crippen LogP contribution in [0.5, 0.6) is 0 Å². The van der Waals surface area contributed by atoms with Crippen molar-refractivity contribution in [1.29, 1.82) is 0 Å². The quantitative estimate of drug-likeness (QED) is 0.449. The number of carbonyl (C=O) groups is 3. The summed E-state index contributed by atoms with van der Waals surface area (Å²) in [5.41, 5.74) is 1.39. The van der Waals surface area contributed by atoms with Crippen molar-refractivity contribution in [3.8, 4) is 0 Å². The topological polar surface area (TPSA) is 125 Å². The van der Waals surface area contributed by atoms with E-state index in [9.17, 15) is 14.4 Å². The van der Waals surface area contributed by atoms with Crippen molar-refractivity contribution in [3.63, 3.8) is 0 Å². The number of hydrogen-bond donors (Lipinski definition) is 4. The van der Waals surface area contributed by atoms with E-state index < -0.39 is 11.9 Å². The molecule has 4 N–H and O–H groups in total. The van der Waals surface area contributed by atoms with Crippen LogP contribution >= 0.6 is 11.3 Å². The molecule has 2 saturated carbocycles. The second-order valence-electron chi connectivity index (χ2n) is 8.29. The van der Waals surface area contributed by atoms with Crippen LogP contribution in [0.4, 0.5) is 0 Å². The second-order valence-corrected chi connectivity index (χ2v) is 9.55. The highest BCUT2D eigenvalue weighted by Crippen LogP contribution is 2.45. The summed E-state index contributed by atoms with van der Waals surface area (Å²) in [7, 11) is 0. The number of carboxylic acid groups (broad SMARTS) is 2. The van der Waals surface area contributed by atoms with Gasteiger partial charge in [-0.1, -0.05) is 0 Å². The van der Waals surface area contributed by atoms with Gasteiger partial charge in [0.15, 0.2) is 0 Å². The first-order valence-electron chi connectivity index (χ1n) is 10.7. The van der Waals surface area contributed by atoms with Gasteiger partial charge in [-0.2, -0.15) is 0 Å². The molecule has 0 bridgehead atoms. The minimum atomic E-state index is -1.26. The zero-order valence-electron chi connectivity index (χ0n) is 17.6. The number of nitrogens with one attached hydrogen (secondary N) is 2. The van der Waals surface area contributed by atoms with E-state index in [4.69, 9.17) is 14.9 Å². The molecule has 2 atom stereocenters. The lowest BCUT2D eigenvalue weighted by atomic mass is 10.1. The summed E-state index contributed by atoms with van der Waals surface area (Å²) in [6, 6.07) is 3.05. The van der Waals surface area contributed by atoms with E-state index in [-0.39, 0.29) is 11.9 Å². The smallest absolute Gasteiger partial charge is 0.328 e. The molecule has 0 radical (unpaired) electrons. The predicted molar refractivity (Wildman–Crippen MR) is 117 cm³/mol. The first kappa shape index (κ1) is 23.4. The van der Waals surface area contributed by atoms with E-state index in [1.807, 2.05) is 0 Å². The van der Waals surface area contributed by atoms with Crippen molar-refractivity contribution in [2.24, 2.45) is 5.92 Å². The highest BCUT2D eigenvalue weighted by atomic mass is 32.1. The summed E-state index contributed by atoms with van der Waals surface area (Å²) in [5, 5.41) is 22.5. The van der Waals surface area contributed by atoms with E-state index in [1.165, 1.54) is 36.2 Å². The number of carbonyl (C=O) groups excluding carboxylic acids is 1. The summed E-state index contributed by atoms with van der Waals surface area (Å²) in [6.45, 7) is 4.86. The Morgan fingerprint density at radius 1 is 1.13 bits per heavy atom. The molecule has 31 heavy (non-hydrogen) atoms. The number of hydrogen-bond acceptors (Lipinski definition) is 6. The Balaban J connectivity index is 0.000000293. The molecule has 1 aromatic rings. The highest BCUT2D eigenvalue weighted by molar-refractivity contribution is 7.14. The molecule has 1 aliphatic heterocycles. The van der Waals surface area contributed by atoms with E-state index in [2.05, 4.69) is 23.6 Å². The van der Waals surface area contributed by atoms with Crippen molar-refractivity contribution in [2.75, 3.05) is 19.8 Å². The van der Waals surface area contributed by atoms with Gasteiger partial charge in [-0.25, -0.2) is 9.59 Å². The van der Waals surface area contributed by atoms with Crippen molar-refractivity contribution < 1.29 is 29.3 Å². The maximum absolute atomic E-state index is 12.5. The lowest BCUT2D eigenvalue weighted by molar-refractivity contribution is -0.134. The van der Waals surface area contributed by atoms with E-state index >= 15 is 0 Å². The summed E-state index contributed by atoms with van der Waals surface area (Å²) < 4.78 is 5.35. The monoisotopic (exact) mass is 450 g/mol. The van der Waals surface area contributed by atoms with Gasteiger partial charge in [-0.3, -0.25) is 4.79 Å². The SMILES string of the molecule is Cc1sc(C(=O)NC2CCOCC2)cc1[C@@H]1C[C@H]1NCC1CC1.O=C(O)/C=C/C(=O)O. The van der Waals surface area contributed by atoms with Gasteiger partial charge in [-0.05, 0) is 63.1 Å². The Morgan fingerprint density at radius 2 is 1.77 bits per heavy atom. The van der Waals surface area contributed by atoms with Gasteiger partial charge in [0.05, 0.1) is 4.88 Å². The Kier molecular flexibility index (Phi) is 8.22. The molecule has 2 heterocycles. The van der Waals surface area contributed by atoms with Gasteiger partial charge in [-0.15, -0.1) is 11.3 Å². The first-order valence-corrected chi connectivity index (χ1v) is 11.5. The fourth-order valence-electron chi connectivity index (χ4n) is 3.62. The van der Waals surface area contributed by atoms with Crippen LogP contribution in [0, 0.1) is 12.8 Å². The normalized spacial score (nSPS) is 23.1.